The van der Waals surface area contributed by atoms with Crippen LogP contribution in [0.2, 0.25) is 0 Å². The molecule has 0 saturated carbocycles. The van der Waals surface area contributed by atoms with Crippen LogP contribution in [-0.4, -0.2) is 79.5 Å². The summed E-state index contributed by atoms with van der Waals surface area (Å²) < 4.78 is 31.6. The maximum atomic E-state index is 13.3. The lowest BCUT2D eigenvalue weighted by Crippen LogP contribution is -2.53. The van der Waals surface area contributed by atoms with Crippen LogP contribution in [0, 0.1) is 11.6 Å². The first kappa shape index (κ1) is 24.5. The van der Waals surface area contributed by atoms with E-state index in [4.69, 9.17) is 4.74 Å². The first-order chi connectivity index (χ1) is 12.1. The molecule has 27 heavy (non-hydrogen) atoms. The van der Waals surface area contributed by atoms with Gasteiger partial charge in [0, 0.05) is 51.9 Å². The molecule has 0 amide bonds. The van der Waals surface area contributed by atoms with Crippen LogP contribution < -0.4 is 5.32 Å². The van der Waals surface area contributed by atoms with E-state index < -0.39 is 17.7 Å². The maximum absolute atomic E-state index is 13.3. The molecule has 2 aliphatic heterocycles. The van der Waals surface area contributed by atoms with Crippen LogP contribution in [0.5, 0.6) is 0 Å². The number of likely N-dealkylation sites (tertiary alicyclic amines) is 1. The van der Waals surface area contributed by atoms with E-state index in [0.29, 0.717) is 13.1 Å². The number of aliphatic hydroxyl groups excluding tert-OH is 1. The van der Waals surface area contributed by atoms with E-state index >= 15 is 0 Å². The van der Waals surface area contributed by atoms with Gasteiger partial charge in [0.1, 0.15) is 0 Å². The number of halogens is 4. The molecule has 1 aromatic rings. The lowest BCUT2D eigenvalue weighted by Gasteiger charge is -2.37. The molecule has 1 aromatic carbocycles. The minimum Gasteiger partial charge on any atom is -0.390 e. The number of ether oxygens (including phenoxy) is 1. The lowest BCUT2D eigenvalue weighted by atomic mass is 10.0. The second kappa shape index (κ2) is 12.1. The van der Waals surface area contributed by atoms with Gasteiger partial charge in [-0.2, -0.15) is 0 Å². The monoisotopic (exact) mass is 427 g/mol. The Kier molecular flexibility index (Phi) is 11.0. The fraction of sp³-hybridized carbons (Fsp3) is 0.667. The van der Waals surface area contributed by atoms with Gasteiger partial charge in [-0.05, 0) is 24.1 Å². The third kappa shape index (κ3) is 7.42. The Morgan fingerprint density at radius 1 is 1.07 bits per heavy atom. The van der Waals surface area contributed by atoms with E-state index in [-0.39, 0.29) is 30.9 Å². The van der Waals surface area contributed by atoms with Crippen molar-refractivity contribution in [2.24, 2.45) is 0 Å². The van der Waals surface area contributed by atoms with Gasteiger partial charge in [0.2, 0.25) is 0 Å². The molecule has 2 N–H and O–H groups in total. The molecule has 0 unspecified atom stereocenters. The molecular weight excluding hydrogens is 399 g/mol. The second-order valence-electron chi connectivity index (χ2n) is 6.85. The predicted octanol–water partition coefficient (Wildman–Crippen LogP) is 1.67. The summed E-state index contributed by atoms with van der Waals surface area (Å²) in [5.74, 6) is -1.65. The number of morpholine rings is 1. The zero-order valence-electron chi connectivity index (χ0n) is 15.3. The highest BCUT2D eigenvalue weighted by atomic mass is 35.5. The van der Waals surface area contributed by atoms with Crippen LogP contribution in [0.3, 0.4) is 0 Å². The number of benzene rings is 1. The fourth-order valence-corrected chi connectivity index (χ4v) is 3.51. The van der Waals surface area contributed by atoms with Crippen molar-refractivity contribution in [3.8, 4) is 0 Å². The van der Waals surface area contributed by atoms with Gasteiger partial charge in [-0.3, -0.25) is 9.80 Å². The topological polar surface area (TPSA) is 48.0 Å². The summed E-state index contributed by atoms with van der Waals surface area (Å²) >= 11 is 0. The summed E-state index contributed by atoms with van der Waals surface area (Å²) in [5, 5.41) is 13.8. The molecule has 0 aliphatic carbocycles. The number of nitrogens with zero attached hydrogens (tertiary/aromatic N) is 2. The zero-order valence-corrected chi connectivity index (χ0v) is 16.9. The van der Waals surface area contributed by atoms with Gasteiger partial charge in [0.05, 0.1) is 19.3 Å². The van der Waals surface area contributed by atoms with Crippen molar-refractivity contribution in [3.05, 3.63) is 35.4 Å². The van der Waals surface area contributed by atoms with Crippen molar-refractivity contribution in [1.29, 1.82) is 0 Å². The summed E-state index contributed by atoms with van der Waals surface area (Å²) in [4.78, 5) is 4.44. The summed E-state index contributed by atoms with van der Waals surface area (Å²) in [6.45, 7) is 7.23. The molecule has 2 heterocycles. The van der Waals surface area contributed by atoms with Crippen molar-refractivity contribution in [2.75, 3.05) is 52.5 Å². The summed E-state index contributed by atoms with van der Waals surface area (Å²) in [7, 11) is 0. The number of hydrogen-bond donors (Lipinski definition) is 2. The summed E-state index contributed by atoms with van der Waals surface area (Å²) in [6.07, 6.45) is 0.386. The van der Waals surface area contributed by atoms with E-state index in [2.05, 4.69) is 15.1 Å². The molecule has 156 valence electrons. The molecule has 2 atom stereocenters. The first-order valence-corrected chi connectivity index (χ1v) is 8.99. The van der Waals surface area contributed by atoms with E-state index in [9.17, 15) is 13.9 Å². The quantitative estimate of drug-likeness (QED) is 0.722. The average molecular weight is 428 g/mol. The number of piperidine rings is 1. The number of hydrogen-bond acceptors (Lipinski definition) is 5. The molecule has 2 aliphatic rings. The number of nitrogens with one attached hydrogen (secondary N) is 1. The molecule has 0 spiro atoms. The van der Waals surface area contributed by atoms with Crippen molar-refractivity contribution in [3.63, 3.8) is 0 Å². The highest BCUT2D eigenvalue weighted by molar-refractivity contribution is 5.85. The molecule has 0 radical (unpaired) electrons. The summed E-state index contributed by atoms with van der Waals surface area (Å²) in [6, 6.07) is 4.06. The van der Waals surface area contributed by atoms with Crippen LogP contribution in [0.25, 0.3) is 0 Å². The largest absolute Gasteiger partial charge is 0.390 e. The maximum Gasteiger partial charge on any atom is 0.159 e. The van der Waals surface area contributed by atoms with Gasteiger partial charge in [0.25, 0.3) is 0 Å². The van der Waals surface area contributed by atoms with Gasteiger partial charge in [0.15, 0.2) is 11.6 Å². The Bertz CT molecular complexity index is 565. The smallest absolute Gasteiger partial charge is 0.159 e. The third-order valence-corrected chi connectivity index (χ3v) is 4.99. The van der Waals surface area contributed by atoms with Gasteiger partial charge in [-0.15, -0.1) is 24.8 Å². The van der Waals surface area contributed by atoms with Crippen molar-refractivity contribution in [1.82, 2.24) is 15.1 Å². The minimum atomic E-state index is -0.827. The van der Waals surface area contributed by atoms with Gasteiger partial charge in [-0.1, -0.05) is 6.07 Å². The number of aliphatic hydroxyl groups is 1. The van der Waals surface area contributed by atoms with Crippen LogP contribution in [-0.2, 0) is 11.3 Å². The molecular formula is C18H29Cl2F2N3O2. The Labute approximate surface area is 171 Å². The Morgan fingerprint density at radius 3 is 2.48 bits per heavy atom. The molecule has 0 bridgehead atoms. The van der Waals surface area contributed by atoms with E-state index in [0.717, 1.165) is 64.0 Å². The van der Waals surface area contributed by atoms with Crippen molar-refractivity contribution in [2.45, 2.75) is 25.1 Å². The molecule has 2 saturated heterocycles. The van der Waals surface area contributed by atoms with Gasteiger partial charge >= 0.3 is 0 Å². The SMILES string of the molecule is Cl.Cl.O[C@@H]1CN(Cc2ccc(F)c(F)c2)CC[C@H]1NCCN1CCOCC1. The highest BCUT2D eigenvalue weighted by Gasteiger charge is 2.27. The van der Waals surface area contributed by atoms with Crippen molar-refractivity contribution >= 4 is 24.8 Å². The standard InChI is InChI=1S/C18H27F2N3O2.2ClH/c19-15-2-1-14(11-16(15)20)12-23-5-3-17(18(24)13-23)21-4-6-22-7-9-25-10-8-22;;/h1-2,11,17-18,21,24H,3-10,12-13H2;2*1H/t17-,18-;;/m1../s1. The lowest BCUT2D eigenvalue weighted by molar-refractivity contribution is 0.0268. The average Bonchev–Trinajstić information content (AvgIpc) is 2.61. The number of β-amino-alcohol motifs (C(OH)–C–C–N with tert-alkyl or cyclic N) is 1. The van der Waals surface area contributed by atoms with Crippen LogP contribution in [0.4, 0.5) is 8.78 Å². The van der Waals surface area contributed by atoms with E-state index in [1.54, 1.807) is 6.07 Å². The minimum absolute atomic E-state index is 0. The van der Waals surface area contributed by atoms with E-state index in [1.807, 2.05) is 0 Å². The van der Waals surface area contributed by atoms with Gasteiger partial charge in [-0.25, -0.2) is 8.78 Å². The molecule has 5 nitrogen and oxygen atoms in total. The molecule has 3 rings (SSSR count). The van der Waals surface area contributed by atoms with E-state index in [1.165, 1.54) is 6.07 Å². The number of rotatable bonds is 6. The Balaban J connectivity index is 0.00000182. The Morgan fingerprint density at radius 2 is 1.81 bits per heavy atom. The second-order valence-corrected chi connectivity index (χ2v) is 6.85. The van der Waals surface area contributed by atoms with Gasteiger partial charge < -0.3 is 15.2 Å². The molecule has 9 heteroatoms. The van der Waals surface area contributed by atoms with Crippen LogP contribution in [0.1, 0.15) is 12.0 Å². The first-order valence-electron chi connectivity index (χ1n) is 8.99. The molecule has 0 aromatic heterocycles. The predicted molar refractivity (Wildman–Crippen MR) is 106 cm³/mol. The highest BCUT2D eigenvalue weighted by Crippen LogP contribution is 2.16. The fourth-order valence-electron chi connectivity index (χ4n) is 3.51. The van der Waals surface area contributed by atoms with Crippen molar-refractivity contribution < 1.29 is 18.6 Å². The Hall–Kier alpha value is -0.540. The normalized spacial score (nSPS) is 24.1. The molecule has 2 fully saturated rings. The zero-order chi connectivity index (χ0) is 17.6. The third-order valence-electron chi connectivity index (χ3n) is 4.99. The van der Waals surface area contributed by atoms with Crippen LogP contribution >= 0.6 is 24.8 Å². The summed E-state index contributed by atoms with van der Waals surface area (Å²) in [5.41, 5.74) is 0.727. The van der Waals surface area contributed by atoms with Crippen LogP contribution in [0.15, 0.2) is 18.2 Å².